The molecule has 4 nitrogen and oxygen atoms in total. The monoisotopic (exact) mass is 414 g/mol. The summed E-state index contributed by atoms with van der Waals surface area (Å²) in [6, 6.07) is 13.0. The largest absolute Gasteiger partial charge is 0.382 e. The Balaban J connectivity index is 1.56. The smallest absolute Gasteiger partial charge is 0.268 e. The molecule has 0 radical (unpaired) electrons. The predicted octanol–water partition coefficient (Wildman–Crippen LogP) is 5.04. The second kappa shape index (κ2) is 7.98. The van der Waals surface area contributed by atoms with Gasteiger partial charge < -0.3 is 10.2 Å². The normalized spacial score (nSPS) is 15.5. The van der Waals surface area contributed by atoms with Gasteiger partial charge in [-0.05, 0) is 29.8 Å². The van der Waals surface area contributed by atoms with Crippen LogP contribution in [0.25, 0.3) is 11.1 Å². The fourth-order valence-electron chi connectivity index (χ4n) is 3.15. The van der Waals surface area contributed by atoms with Gasteiger partial charge in [-0.1, -0.05) is 35.5 Å². The highest BCUT2D eigenvalue weighted by molar-refractivity contribution is 6.07. The molecule has 0 aromatic heterocycles. The molecule has 30 heavy (non-hydrogen) atoms. The van der Waals surface area contributed by atoms with E-state index < -0.39 is 35.3 Å². The van der Waals surface area contributed by atoms with Crippen molar-refractivity contribution in [3.63, 3.8) is 0 Å². The van der Waals surface area contributed by atoms with E-state index in [9.17, 15) is 22.4 Å². The second-order valence-electron chi connectivity index (χ2n) is 6.63. The summed E-state index contributed by atoms with van der Waals surface area (Å²) < 4.78 is 55.6. The zero-order chi connectivity index (χ0) is 21.3. The van der Waals surface area contributed by atoms with Crippen LogP contribution in [0.1, 0.15) is 12.0 Å². The van der Waals surface area contributed by atoms with Crippen molar-refractivity contribution < 1.29 is 27.2 Å². The summed E-state index contributed by atoms with van der Waals surface area (Å²) in [7, 11) is 0. The van der Waals surface area contributed by atoms with Gasteiger partial charge in [0, 0.05) is 23.6 Å². The Bertz CT molecular complexity index is 1150. The second-order valence-corrected chi connectivity index (χ2v) is 6.63. The number of hydrogen-bond donors (Lipinski definition) is 1. The number of carbonyl (C=O) groups is 1. The first-order chi connectivity index (χ1) is 14.4. The van der Waals surface area contributed by atoms with Gasteiger partial charge in [-0.2, -0.15) is 0 Å². The molecule has 4 rings (SSSR count). The average molecular weight is 414 g/mol. The molecule has 1 amide bonds. The number of amides is 1. The zero-order valence-corrected chi connectivity index (χ0v) is 15.3. The van der Waals surface area contributed by atoms with Crippen molar-refractivity contribution in [2.75, 3.05) is 5.32 Å². The molecule has 1 aliphatic rings. The zero-order valence-electron chi connectivity index (χ0n) is 15.3. The molecule has 0 spiro atoms. The van der Waals surface area contributed by atoms with E-state index in [2.05, 4.69) is 10.5 Å². The number of nitrogens with zero attached hydrogens (tertiary/aromatic N) is 1. The van der Waals surface area contributed by atoms with Crippen LogP contribution in [0, 0.1) is 23.3 Å². The summed E-state index contributed by atoms with van der Waals surface area (Å²) >= 11 is 0. The Kier molecular flexibility index (Phi) is 5.22. The molecule has 0 saturated carbocycles. The van der Waals surface area contributed by atoms with Gasteiger partial charge in [0.1, 0.15) is 23.3 Å². The molecule has 0 saturated heterocycles. The van der Waals surface area contributed by atoms with E-state index >= 15 is 0 Å². The molecular formula is C22H14F4N2O2. The Morgan fingerprint density at radius 3 is 2.40 bits per heavy atom. The summed E-state index contributed by atoms with van der Waals surface area (Å²) in [5.74, 6) is -3.89. The minimum Gasteiger partial charge on any atom is -0.382 e. The lowest BCUT2D eigenvalue weighted by Crippen LogP contribution is -2.28. The third-order valence-electron chi connectivity index (χ3n) is 4.59. The average Bonchev–Trinajstić information content (AvgIpc) is 3.22. The van der Waals surface area contributed by atoms with Crippen LogP contribution in [0.2, 0.25) is 0 Å². The first-order valence-electron chi connectivity index (χ1n) is 8.96. The van der Waals surface area contributed by atoms with Crippen LogP contribution < -0.4 is 5.32 Å². The van der Waals surface area contributed by atoms with Gasteiger partial charge in [0.2, 0.25) is 6.10 Å². The molecule has 8 heteroatoms. The molecule has 1 atom stereocenters. The molecule has 1 N–H and O–H groups in total. The first kappa shape index (κ1) is 19.6. The number of rotatable bonds is 4. The van der Waals surface area contributed by atoms with Crippen LogP contribution in [0.4, 0.5) is 23.2 Å². The highest BCUT2D eigenvalue weighted by atomic mass is 19.1. The lowest BCUT2D eigenvalue weighted by Gasteiger charge is -2.15. The molecule has 3 aromatic rings. The quantitative estimate of drug-likeness (QED) is 0.608. The van der Waals surface area contributed by atoms with Gasteiger partial charge in [-0.3, -0.25) is 4.79 Å². The van der Waals surface area contributed by atoms with Gasteiger partial charge in [0.15, 0.2) is 0 Å². The van der Waals surface area contributed by atoms with Crippen LogP contribution in [0.15, 0.2) is 65.8 Å². The van der Waals surface area contributed by atoms with Crippen molar-refractivity contribution in [1.29, 1.82) is 0 Å². The van der Waals surface area contributed by atoms with E-state index in [1.807, 2.05) is 0 Å². The summed E-state index contributed by atoms with van der Waals surface area (Å²) in [6.07, 6.45) is -1.33. The van der Waals surface area contributed by atoms with Crippen LogP contribution in [-0.4, -0.2) is 17.7 Å². The van der Waals surface area contributed by atoms with Crippen LogP contribution in [0.3, 0.4) is 0 Å². The van der Waals surface area contributed by atoms with Crippen molar-refractivity contribution >= 4 is 17.3 Å². The number of carbonyl (C=O) groups excluding carboxylic acids is 1. The van der Waals surface area contributed by atoms with Crippen molar-refractivity contribution in [3.8, 4) is 11.1 Å². The number of halogens is 4. The van der Waals surface area contributed by atoms with E-state index in [1.54, 1.807) is 30.3 Å². The number of benzene rings is 3. The third-order valence-corrected chi connectivity index (χ3v) is 4.59. The fourth-order valence-corrected chi connectivity index (χ4v) is 3.15. The van der Waals surface area contributed by atoms with Crippen molar-refractivity contribution in [2.45, 2.75) is 12.5 Å². The maximum Gasteiger partial charge on any atom is 0.268 e. The first-order valence-corrected chi connectivity index (χ1v) is 8.96. The van der Waals surface area contributed by atoms with E-state index in [4.69, 9.17) is 4.84 Å². The van der Waals surface area contributed by atoms with Crippen molar-refractivity contribution in [2.24, 2.45) is 5.16 Å². The summed E-state index contributed by atoms with van der Waals surface area (Å²) in [5.41, 5.74) is 0.355. The predicted molar refractivity (Wildman–Crippen MR) is 103 cm³/mol. The molecular weight excluding hydrogens is 400 g/mol. The van der Waals surface area contributed by atoms with Gasteiger partial charge in [-0.15, -0.1) is 0 Å². The van der Waals surface area contributed by atoms with Gasteiger partial charge >= 0.3 is 0 Å². The maximum absolute atomic E-state index is 14.5. The fraction of sp³-hybridized carbons (Fsp3) is 0.0909. The molecule has 0 bridgehead atoms. The summed E-state index contributed by atoms with van der Waals surface area (Å²) in [5, 5.41) is 6.06. The summed E-state index contributed by atoms with van der Waals surface area (Å²) in [4.78, 5) is 17.7. The Morgan fingerprint density at radius 1 is 0.900 bits per heavy atom. The van der Waals surface area contributed by atoms with E-state index in [-0.39, 0.29) is 28.9 Å². The third kappa shape index (κ3) is 3.89. The molecule has 152 valence electrons. The molecule has 3 aromatic carbocycles. The van der Waals surface area contributed by atoms with Gasteiger partial charge in [0.25, 0.3) is 5.91 Å². The topological polar surface area (TPSA) is 50.7 Å². The minimum absolute atomic E-state index is 0.0509. The van der Waals surface area contributed by atoms with Crippen molar-refractivity contribution in [1.82, 2.24) is 0 Å². The van der Waals surface area contributed by atoms with Gasteiger partial charge in [0.05, 0.1) is 11.4 Å². The van der Waals surface area contributed by atoms with Crippen LogP contribution >= 0.6 is 0 Å². The Morgan fingerprint density at radius 2 is 1.63 bits per heavy atom. The van der Waals surface area contributed by atoms with Gasteiger partial charge in [-0.25, -0.2) is 17.6 Å². The number of anilines is 1. The number of nitrogens with one attached hydrogen (secondary N) is 1. The molecule has 1 unspecified atom stereocenters. The molecule has 0 aliphatic carbocycles. The Labute approximate surface area is 168 Å². The van der Waals surface area contributed by atoms with E-state index in [0.717, 1.165) is 24.3 Å². The minimum atomic E-state index is -1.18. The lowest BCUT2D eigenvalue weighted by atomic mass is 10.0. The standard InChI is InChI=1S/C22H14F4N2O2/c23-13-6-7-17(25)16(8-13)19-11-20(30-28-19)22(29)27-21-15(9-14(24)10-18(21)26)12-4-2-1-3-5-12/h1-10,20H,11H2,(H,27,29). The number of hydrogen-bond acceptors (Lipinski definition) is 3. The van der Waals surface area contributed by atoms with Crippen LogP contribution in [0.5, 0.6) is 0 Å². The molecule has 0 fully saturated rings. The number of oxime groups is 1. The Hall–Kier alpha value is -3.68. The van der Waals surface area contributed by atoms with E-state index in [1.165, 1.54) is 0 Å². The SMILES string of the molecule is O=C(Nc1c(F)cc(F)cc1-c1ccccc1)C1CC(c2cc(F)ccc2F)=NO1. The molecule has 1 aliphatic heterocycles. The van der Waals surface area contributed by atoms with Crippen molar-refractivity contribution in [3.05, 3.63) is 89.5 Å². The summed E-state index contributed by atoms with van der Waals surface area (Å²) in [6.45, 7) is 0. The maximum atomic E-state index is 14.5. The van der Waals surface area contributed by atoms with E-state index in [0.29, 0.717) is 11.6 Å². The van der Waals surface area contributed by atoms with Crippen LogP contribution in [-0.2, 0) is 9.63 Å². The molecule has 1 heterocycles. The lowest BCUT2D eigenvalue weighted by molar-refractivity contribution is -0.125. The highest BCUT2D eigenvalue weighted by Crippen LogP contribution is 2.32. The highest BCUT2D eigenvalue weighted by Gasteiger charge is 2.31.